The van der Waals surface area contributed by atoms with Crippen LogP contribution in [-0.2, 0) is 0 Å². The molecular formula is C27H44O2. The number of hydrogen-bond donors (Lipinski definition) is 2. The molecule has 0 radical (unpaired) electrons. The number of allylic oxidation sites excluding steroid dienone is 2. The van der Waals surface area contributed by atoms with E-state index >= 15 is 0 Å². The molecular weight excluding hydrogens is 356 g/mol. The van der Waals surface area contributed by atoms with Gasteiger partial charge >= 0.3 is 0 Å². The van der Waals surface area contributed by atoms with Crippen molar-refractivity contribution >= 4 is 0 Å². The maximum Gasteiger partial charge on any atom is 0.0650 e. The molecule has 2 nitrogen and oxygen atoms in total. The second-order valence-corrected chi connectivity index (χ2v) is 12.9. The first kappa shape index (κ1) is 20.6. The van der Waals surface area contributed by atoms with E-state index in [1.54, 1.807) is 5.57 Å². The summed E-state index contributed by atoms with van der Waals surface area (Å²) >= 11 is 0. The van der Waals surface area contributed by atoms with E-state index in [1.807, 2.05) is 0 Å². The quantitative estimate of drug-likeness (QED) is 0.547. The highest BCUT2D eigenvalue weighted by atomic mass is 16.3. The first-order valence-electron chi connectivity index (χ1n) is 12.7. The second-order valence-electron chi connectivity index (χ2n) is 12.9. The lowest BCUT2D eigenvalue weighted by Crippen LogP contribution is -2.50. The molecule has 5 aliphatic carbocycles. The lowest BCUT2D eigenvalue weighted by atomic mass is 9.47. The number of rotatable bonds is 4. The van der Waals surface area contributed by atoms with E-state index in [2.05, 4.69) is 33.8 Å². The van der Waals surface area contributed by atoms with Crippen molar-refractivity contribution < 1.29 is 10.2 Å². The van der Waals surface area contributed by atoms with Gasteiger partial charge in [-0.15, -0.1) is 0 Å². The molecule has 2 N–H and O–H groups in total. The van der Waals surface area contributed by atoms with Gasteiger partial charge in [0.25, 0.3) is 0 Å². The van der Waals surface area contributed by atoms with Crippen LogP contribution in [0, 0.1) is 40.4 Å². The molecule has 4 saturated carbocycles. The van der Waals surface area contributed by atoms with Gasteiger partial charge in [-0.1, -0.05) is 32.4 Å². The van der Waals surface area contributed by atoms with Gasteiger partial charge in [-0.3, -0.25) is 0 Å². The zero-order valence-corrected chi connectivity index (χ0v) is 19.3. The Kier molecular flexibility index (Phi) is 4.66. The average Bonchev–Trinajstić information content (AvgIpc) is 3.28. The topological polar surface area (TPSA) is 40.5 Å². The molecule has 5 rings (SSSR count). The molecule has 0 heterocycles. The van der Waals surface area contributed by atoms with E-state index in [-0.39, 0.29) is 5.60 Å². The normalized spacial score (nSPS) is 51.4. The van der Waals surface area contributed by atoms with Gasteiger partial charge in [-0.25, -0.2) is 0 Å². The largest absolute Gasteiger partial charge is 0.390 e. The van der Waals surface area contributed by atoms with Crippen molar-refractivity contribution in [2.24, 2.45) is 40.4 Å². The van der Waals surface area contributed by atoms with Crippen LogP contribution in [0.1, 0.15) is 105 Å². The highest BCUT2D eigenvalue weighted by Crippen LogP contribution is 2.67. The summed E-state index contributed by atoms with van der Waals surface area (Å²) in [4.78, 5) is 0. The minimum absolute atomic E-state index is 0.290. The van der Waals surface area contributed by atoms with Crippen LogP contribution < -0.4 is 0 Å². The fourth-order valence-electron chi connectivity index (χ4n) is 8.77. The van der Waals surface area contributed by atoms with E-state index in [0.29, 0.717) is 16.7 Å². The minimum atomic E-state index is -0.444. The SMILES string of the molecule is C[C@H](CCC1(O)CC1)[C@H]1CC[C@H]2[C@@H]3CC[C@H]4C[C@@](C)(O)CC[C@]4(C)C3=CC[C@]12C. The lowest BCUT2D eigenvalue weighted by Gasteiger charge is -2.58. The van der Waals surface area contributed by atoms with Gasteiger partial charge in [0.05, 0.1) is 11.2 Å². The van der Waals surface area contributed by atoms with Gasteiger partial charge in [-0.2, -0.15) is 0 Å². The first-order valence-corrected chi connectivity index (χ1v) is 12.7. The molecule has 8 atom stereocenters. The summed E-state index contributed by atoms with van der Waals surface area (Å²) in [7, 11) is 0. The Hall–Kier alpha value is -0.340. The number of hydrogen-bond acceptors (Lipinski definition) is 2. The van der Waals surface area contributed by atoms with Crippen molar-refractivity contribution in [3.8, 4) is 0 Å². The Bertz CT molecular complexity index is 689. The summed E-state index contributed by atoms with van der Waals surface area (Å²) in [5, 5.41) is 21.0. The Morgan fingerprint density at radius 3 is 2.48 bits per heavy atom. The van der Waals surface area contributed by atoms with Crippen molar-refractivity contribution in [3.05, 3.63) is 11.6 Å². The second kappa shape index (κ2) is 6.58. The highest BCUT2D eigenvalue weighted by Gasteiger charge is 2.58. The van der Waals surface area contributed by atoms with Crippen molar-refractivity contribution in [2.45, 2.75) is 116 Å². The summed E-state index contributed by atoms with van der Waals surface area (Å²) in [6.07, 6.45) is 16.9. The predicted molar refractivity (Wildman–Crippen MR) is 118 cm³/mol. The van der Waals surface area contributed by atoms with E-state index in [0.717, 1.165) is 55.8 Å². The molecule has 2 heteroatoms. The number of fused-ring (bicyclic) bond motifs is 5. The van der Waals surface area contributed by atoms with Gasteiger partial charge in [0.15, 0.2) is 0 Å². The maximum atomic E-state index is 10.7. The van der Waals surface area contributed by atoms with E-state index in [1.165, 1.54) is 44.9 Å². The maximum absolute atomic E-state index is 10.7. The molecule has 5 aliphatic rings. The zero-order valence-electron chi connectivity index (χ0n) is 19.3. The van der Waals surface area contributed by atoms with Crippen LogP contribution in [0.4, 0.5) is 0 Å². The smallest absolute Gasteiger partial charge is 0.0650 e. The zero-order chi connectivity index (χ0) is 20.7. The third-order valence-electron chi connectivity index (χ3n) is 11.0. The fourth-order valence-corrected chi connectivity index (χ4v) is 8.77. The predicted octanol–water partition coefficient (Wildman–Crippen LogP) is 6.26. The molecule has 0 bridgehead atoms. The molecule has 0 spiro atoms. The summed E-state index contributed by atoms with van der Waals surface area (Å²) in [6, 6.07) is 0. The van der Waals surface area contributed by atoms with Crippen LogP contribution in [-0.4, -0.2) is 21.4 Å². The van der Waals surface area contributed by atoms with Crippen molar-refractivity contribution in [1.82, 2.24) is 0 Å². The average molecular weight is 401 g/mol. The molecule has 0 aromatic heterocycles. The van der Waals surface area contributed by atoms with Gasteiger partial charge in [0.1, 0.15) is 0 Å². The Labute approximate surface area is 178 Å². The van der Waals surface area contributed by atoms with Crippen LogP contribution in [0.2, 0.25) is 0 Å². The monoisotopic (exact) mass is 400 g/mol. The van der Waals surface area contributed by atoms with Crippen molar-refractivity contribution in [2.75, 3.05) is 0 Å². The Morgan fingerprint density at radius 1 is 1.00 bits per heavy atom. The van der Waals surface area contributed by atoms with Crippen molar-refractivity contribution in [3.63, 3.8) is 0 Å². The number of aliphatic hydroxyl groups is 2. The standard InChI is InChI=1S/C27H44O2/c1-18(9-12-27(29)15-16-27)21-7-8-22-20-6-5-19-17-24(2,28)13-14-25(19,3)23(20)10-11-26(21,22)4/h10,18-22,28-29H,5-9,11-17H2,1-4H3/t18-,19+,20+,21-,22+,24+,25+,26-/m1/s1. The molecule has 4 fully saturated rings. The van der Waals surface area contributed by atoms with Crippen LogP contribution in [0.3, 0.4) is 0 Å². The first-order chi connectivity index (χ1) is 13.6. The lowest BCUT2D eigenvalue weighted by molar-refractivity contribution is -0.0648. The summed E-state index contributed by atoms with van der Waals surface area (Å²) in [5.41, 5.74) is 1.86. The third kappa shape index (κ3) is 3.27. The van der Waals surface area contributed by atoms with E-state index in [9.17, 15) is 10.2 Å². The summed E-state index contributed by atoms with van der Waals surface area (Å²) in [5.74, 6) is 3.89. The fraction of sp³-hybridized carbons (Fsp3) is 0.926. The Balaban J connectivity index is 1.35. The highest BCUT2D eigenvalue weighted by molar-refractivity contribution is 5.29. The third-order valence-corrected chi connectivity index (χ3v) is 11.0. The molecule has 164 valence electrons. The van der Waals surface area contributed by atoms with E-state index < -0.39 is 5.60 Å². The molecule has 0 amide bonds. The van der Waals surface area contributed by atoms with Gasteiger partial charge in [0, 0.05) is 0 Å². The van der Waals surface area contributed by atoms with Crippen LogP contribution in [0.15, 0.2) is 11.6 Å². The molecule has 0 saturated heterocycles. The van der Waals surface area contributed by atoms with Crippen LogP contribution in [0.25, 0.3) is 0 Å². The molecule has 29 heavy (non-hydrogen) atoms. The van der Waals surface area contributed by atoms with Gasteiger partial charge < -0.3 is 10.2 Å². The summed E-state index contributed by atoms with van der Waals surface area (Å²) in [6.45, 7) is 9.70. The molecule has 0 aromatic carbocycles. The van der Waals surface area contributed by atoms with Gasteiger partial charge in [0.2, 0.25) is 0 Å². The Morgan fingerprint density at radius 2 is 1.76 bits per heavy atom. The molecule has 0 aromatic rings. The van der Waals surface area contributed by atoms with Crippen LogP contribution >= 0.6 is 0 Å². The minimum Gasteiger partial charge on any atom is -0.390 e. The van der Waals surface area contributed by atoms with Gasteiger partial charge in [-0.05, 0) is 124 Å². The van der Waals surface area contributed by atoms with Crippen LogP contribution in [0.5, 0.6) is 0 Å². The van der Waals surface area contributed by atoms with Crippen molar-refractivity contribution in [1.29, 1.82) is 0 Å². The van der Waals surface area contributed by atoms with E-state index in [4.69, 9.17) is 0 Å². The molecule has 0 aliphatic heterocycles. The summed E-state index contributed by atoms with van der Waals surface area (Å²) < 4.78 is 0. The molecule has 0 unspecified atom stereocenters.